The monoisotopic (exact) mass is 299 g/mol. The van der Waals surface area contributed by atoms with Crippen molar-refractivity contribution in [1.29, 1.82) is 0 Å². The number of aryl methyl sites for hydroxylation is 4. The summed E-state index contributed by atoms with van der Waals surface area (Å²) in [4.78, 5) is 17.1. The van der Waals surface area contributed by atoms with Gasteiger partial charge in [0.1, 0.15) is 5.03 Å². The van der Waals surface area contributed by atoms with Crippen LogP contribution in [-0.4, -0.2) is 16.1 Å². The van der Waals surface area contributed by atoms with E-state index < -0.39 is 5.97 Å². The molecule has 1 aromatic carbocycles. The van der Waals surface area contributed by atoms with Crippen molar-refractivity contribution in [2.24, 2.45) is 0 Å². The smallest absolute Gasteiger partial charge is 0.338 e. The van der Waals surface area contributed by atoms with Gasteiger partial charge >= 0.3 is 5.97 Å². The molecule has 1 heterocycles. The lowest BCUT2D eigenvalue weighted by Crippen LogP contribution is -2.04. The summed E-state index contributed by atoms with van der Waals surface area (Å²) in [5, 5.41) is 10.0. The summed E-state index contributed by atoms with van der Waals surface area (Å²) in [6.45, 7) is 4.13. The van der Waals surface area contributed by atoms with Crippen LogP contribution >= 0.6 is 11.8 Å². The van der Waals surface area contributed by atoms with E-state index in [0.717, 1.165) is 35.4 Å². The molecule has 0 amide bonds. The first-order valence-corrected chi connectivity index (χ1v) is 7.87. The summed E-state index contributed by atoms with van der Waals surface area (Å²) in [5.74, 6) is -0.900. The van der Waals surface area contributed by atoms with Gasteiger partial charge in [-0.1, -0.05) is 17.8 Å². The van der Waals surface area contributed by atoms with E-state index in [1.807, 2.05) is 6.07 Å². The molecule has 108 valence electrons. The highest BCUT2D eigenvalue weighted by Gasteiger charge is 2.20. The minimum Gasteiger partial charge on any atom is -0.478 e. The minimum atomic E-state index is -0.900. The SMILES string of the molecule is Cc1ccc(Sc2nc3c(cc2C(=O)O)CCC3)cc1C. The molecule has 3 nitrogen and oxygen atoms in total. The van der Waals surface area contributed by atoms with Gasteiger partial charge in [-0.25, -0.2) is 9.78 Å². The van der Waals surface area contributed by atoms with Crippen LogP contribution in [0.1, 0.15) is 39.2 Å². The number of aromatic nitrogens is 1. The summed E-state index contributed by atoms with van der Waals surface area (Å²) in [6, 6.07) is 7.97. The molecule has 0 radical (unpaired) electrons. The molecular weight excluding hydrogens is 282 g/mol. The lowest BCUT2D eigenvalue weighted by molar-refractivity contribution is 0.0692. The molecule has 0 bridgehead atoms. The highest BCUT2D eigenvalue weighted by Crippen LogP contribution is 2.33. The van der Waals surface area contributed by atoms with Crippen LogP contribution in [0.15, 0.2) is 34.2 Å². The quantitative estimate of drug-likeness (QED) is 0.929. The molecule has 0 aliphatic heterocycles. The first-order valence-electron chi connectivity index (χ1n) is 7.06. The second kappa shape index (κ2) is 5.53. The Morgan fingerprint density at radius 2 is 2.00 bits per heavy atom. The molecule has 1 aliphatic carbocycles. The summed E-state index contributed by atoms with van der Waals surface area (Å²) in [7, 11) is 0. The molecular formula is C17H17NO2S. The molecule has 0 saturated heterocycles. The average molecular weight is 299 g/mol. The van der Waals surface area contributed by atoms with Gasteiger partial charge in [-0.15, -0.1) is 0 Å². The lowest BCUT2D eigenvalue weighted by atomic mass is 10.1. The Morgan fingerprint density at radius 1 is 1.19 bits per heavy atom. The number of nitrogens with zero attached hydrogens (tertiary/aromatic N) is 1. The normalized spacial score (nSPS) is 13.2. The molecule has 1 N–H and O–H groups in total. The Balaban J connectivity index is 2.01. The molecule has 0 unspecified atom stereocenters. The van der Waals surface area contributed by atoms with Crippen LogP contribution in [0.25, 0.3) is 0 Å². The third-order valence-corrected chi connectivity index (χ3v) is 4.93. The van der Waals surface area contributed by atoms with Gasteiger partial charge in [0.2, 0.25) is 0 Å². The largest absolute Gasteiger partial charge is 0.478 e. The van der Waals surface area contributed by atoms with E-state index in [1.165, 1.54) is 22.9 Å². The Kier molecular flexibility index (Phi) is 3.72. The standard InChI is InChI=1S/C17H17NO2S/c1-10-6-7-13(8-11(10)2)21-16-14(17(19)20)9-12-4-3-5-15(12)18-16/h6-9H,3-5H2,1-2H3,(H,19,20). The third-order valence-electron chi connectivity index (χ3n) is 3.94. The van der Waals surface area contributed by atoms with Crippen LogP contribution in [-0.2, 0) is 12.8 Å². The highest BCUT2D eigenvalue weighted by atomic mass is 32.2. The summed E-state index contributed by atoms with van der Waals surface area (Å²) in [5.41, 5.74) is 4.92. The third kappa shape index (κ3) is 2.81. The van der Waals surface area contributed by atoms with Crippen molar-refractivity contribution < 1.29 is 9.90 Å². The van der Waals surface area contributed by atoms with E-state index >= 15 is 0 Å². The molecule has 1 aromatic heterocycles. The topological polar surface area (TPSA) is 50.2 Å². The Morgan fingerprint density at radius 3 is 2.71 bits per heavy atom. The second-order valence-electron chi connectivity index (χ2n) is 5.45. The van der Waals surface area contributed by atoms with Crippen LogP contribution in [0.2, 0.25) is 0 Å². The molecule has 3 rings (SSSR count). The van der Waals surface area contributed by atoms with Gasteiger partial charge in [0.05, 0.1) is 5.56 Å². The van der Waals surface area contributed by atoms with E-state index in [0.29, 0.717) is 10.6 Å². The highest BCUT2D eigenvalue weighted by molar-refractivity contribution is 7.99. The maximum atomic E-state index is 11.5. The molecule has 0 atom stereocenters. The van der Waals surface area contributed by atoms with Crippen molar-refractivity contribution >= 4 is 17.7 Å². The molecule has 4 heteroatoms. The van der Waals surface area contributed by atoms with Crippen LogP contribution in [0.4, 0.5) is 0 Å². The Hall–Kier alpha value is -1.81. The van der Waals surface area contributed by atoms with E-state index in [9.17, 15) is 9.90 Å². The van der Waals surface area contributed by atoms with Gasteiger partial charge in [-0.3, -0.25) is 0 Å². The van der Waals surface area contributed by atoms with Gasteiger partial charge in [0.25, 0.3) is 0 Å². The predicted octanol–water partition coefficient (Wildman–Crippen LogP) is 4.04. The van der Waals surface area contributed by atoms with Crippen molar-refractivity contribution in [2.75, 3.05) is 0 Å². The Labute approximate surface area is 128 Å². The van der Waals surface area contributed by atoms with E-state index in [-0.39, 0.29) is 0 Å². The first kappa shape index (κ1) is 14.1. The van der Waals surface area contributed by atoms with Crippen LogP contribution in [0.3, 0.4) is 0 Å². The number of hydrogen-bond acceptors (Lipinski definition) is 3. The molecule has 0 fully saturated rings. The van der Waals surface area contributed by atoms with E-state index in [1.54, 1.807) is 6.07 Å². The summed E-state index contributed by atoms with van der Waals surface area (Å²) < 4.78 is 0. The maximum absolute atomic E-state index is 11.5. The van der Waals surface area contributed by atoms with Gasteiger partial charge in [0.15, 0.2) is 0 Å². The molecule has 0 spiro atoms. The van der Waals surface area contributed by atoms with Crippen molar-refractivity contribution in [2.45, 2.75) is 43.0 Å². The van der Waals surface area contributed by atoms with Crippen molar-refractivity contribution in [1.82, 2.24) is 4.98 Å². The molecule has 0 saturated carbocycles. The molecule has 2 aromatic rings. The van der Waals surface area contributed by atoms with Crippen molar-refractivity contribution in [3.63, 3.8) is 0 Å². The number of rotatable bonds is 3. The number of pyridine rings is 1. The number of fused-ring (bicyclic) bond motifs is 1. The zero-order valence-corrected chi connectivity index (χ0v) is 13.0. The predicted molar refractivity (Wildman–Crippen MR) is 83.3 cm³/mol. The van der Waals surface area contributed by atoms with E-state index in [4.69, 9.17) is 0 Å². The Bertz CT molecular complexity index is 725. The lowest BCUT2D eigenvalue weighted by Gasteiger charge is -2.09. The average Bonchev–Trinajstić information content (AvgIpc) is 2.89. The molecule has 21 heavy (non-hydrogen) atoms. The zero-order valence-electron chi connectivity index (χ0n) is 12.1. The summed E-state index contributed by atoms with van der Waals surface area (Å²) >= 11 is 1.44. The first-order chi connectivity index (χ1) is 10.0. The second-order valence-corrected chi connectivity index (χ2v) is 6.52. The van der Waals surface area contributed by atoms with Gasteiger partial charge in [-0.05, 0) is 68.0 Å². The van der Waals surface area contributed by atoms with Crippen LogP contribution in [0, 0.1) is 13.8 Å². The number of benzene rings is 1. The van der Waals surface area contributed by atoms with Crippen molar-refractivity contribution in [3.8, 4) is 0 Å². The van der Waals surface area contributed by atoms with E-state index in [2.05, 4.69) is 31.0 Å². The van der Waals surface area contributed by atoms with Gasteiger partial charge in [-0.2, -0.15) is 0 Å². The number of hydrogen-bond donors (Lipinski definition) is 1. The van der Waals surface area contributed by atoms with Gasteiger partial charge in [0, 0.05) is 10.6 Å². The van der Waals surface area contributed by atoms with Crippen LogP contribution in [0.5, 0.6) is 0 Å². The fourth-order valence-electron chi connectivity index (χ4n) is 2.57. The number of carbonyl (C=O) groups is 1. The zero-order chi connectivity index (χ0) is 15.0. The van der Waals surface area contributed by atoms with Crippen LogP contribution < -0.4 is 0 Å². The van der Waals surface area contributed by atoms with Crippen molar-refractivity contribution in [3.05, 3.63) is 52.2 Å². The maximum Gasteiger partial charge on any atom is 0.338 e. The number of carboxylic acid groups (broad SMARTS) is 1. The minimum absolute atomic E-state index is 0.318. The number of aromatic carboxylic acids is 1. The fourth-order valence-corrected chi connectivity index (χ4v) is 3.58. The fraction of sp³-hybridized carbons (Fsp3) is 0.294. The summed E-state index contributed by atoms with van der Waals surface area (Å²) in [6.07, 6.45) is 2.96. The van der Waals surface area contributed by atoms with Gasteiger partial charge < -0.3 is 5.11 Å². The number of carboxylic acids is 1. The molecule has 1 aliphatic rings.